The molecule has 2 aromatic rings. The minimum atomic E-state index is -0.0311. The van der Waals surface area contributed by atoms with E-state index in [-0.39, 0.29) is 5.56 Å². The molecule has 0 amide bonds. The molecule has 0 fully saturated rings. The summed E-state index contributed by atoms with van der Waals surface area (Å²) in [6.45, 7) is 3.99. The first-order valence-electron chi connectivity index (χ1n) is 6.64. The maximum atomic E-state index is 12.0. The van der Waals surface area contributed by atoms with Crippen molar-refractivity contribution in [2.24, 2.45) is 0 Å². The predicted octanol–water partition coefficient (Wildman–Crippen LogP) is 0.614. The summed E-state index contributed by atoms with van der Waals surface area (Å²) in [7, 11) is 0. The normalized spacial score (nSPS) is 15.1. The van der Waals surface area contributed by atoms with Crippen molar-refractivity contribution in [2.75, 3.05) is 12.3 Å². The lowest BCUT2D eigenvalue weighted by molar-refractivity contribution is 0.241. The number of anilines is 1. The van der Waals surface area contributed by atoms with Crippen LogP contribution in [0.4, 0.5) is 5.82 Å². The van der Waals surface area contributed by atoms with E-state index >= 15 is 0 Å². The van der Waals surface area contributed by atoms with E-state index < -0.39 is 0 Å². The van der Waals surface area contributed by atoms with Gasteiger partial charge < -0.3 is 10.7 Å². The van der Waals surface area contributed by atoms with Crippen molar-refractivity contribution in [3.63, 3.8) is 0 Å². The highest BCUT2D eigenvalue weighted by molar-refractivity contribution is 5.38. The molecule has 2 aromatic heterocycles. The topological polar surface area (TPSA) is 87.9 Å². The molecule has 0 aromatic carbocycles. The summed E-state index contributed by atoms with van der Waals surface area (Å²) >= 11 is 0. The number of aryl methyl sites for hydroxylation is 1. The number of H-pyrrole nitrogens is 1. The zero-order chi connectivity index (χ0) is 14.1. The minimum Gasteiger partial charge on any atom is -0.383 e. The van der Waals surface area contributed by atoms with E-state index in [0.29, 0.717) is 24.7 Å². The molecule has 20 heavy (non-hydrogen) atoms. The number of nitrogens with two attached hydrogens (primary N) is 1. The third kappa shape index (κ3) is 2.42. The summed E-state index contributed by atoms with van der Waals surface area (Å²) < 4.78 is 0. The van der Waals surface area contributed by atoms with Crippen molar-refractivity contribution in [3.8, 4) is 0 Å². The van der Waals surface area contributed by atoms with Gasteiger partial charge in [-0.25, -0.2) is 9.97 Å². The molecule has 0 saturated heterocycles. The highest BCUT2D eigenvalue weighted by Gasteiger charge is 2.21. The Morgan fingerprint density at radius 2 is 2.35 bits per heavy atom. The second-order valence-electron chi connectivity index (χ2n) is 5.09. The number of hydrogen-bond acceptors (Lipinski definition) is 5. The molecule has 3 heterocycles. The fraction of sp³-hybridized carbons (Fsp3) is 0.357. The van der Waals surface area contributed by atoms with Crippen LogP contribution in [0.15, 0.2) is 23.1 Å². The molecule has 104 valence electrons. The van der Waals surface area contributed by atoms with Crippen LogP contribution in [0.25, 0.3) is 0 Å². The molecule has 1 aliphatic rings. The fourth-order valence-electron chi connectivity index (χ4n) is 2.57. The number of nitrogens with one attached hydrogen (secondary N) is 1. The molecule has 0 atom stereocenters. The van der Waals surface area contributed by atoms with Crippen LogP contribution in [0.5, 0.6) is 0 Å². The molecule has 6 nitrogen and oxygen atoms in total. The average molecular weight is 271 g/mol. The Labute approximate surface area is 116 Å². The molecule has 3 N–H and O–H groups in total. The number of pyridine rings is 1. The summed E-state index contributed by atoms with van der Waals surface area (Å²) in [5.74, 6) is 1.23. The molecule has 0 spiro atoms. The Bertz CT molecular complexity index is 694. The Morgan fingerprint density at radius 1 is 1.50 bits per heavy atom. The van der Waals surface area contributed by atoms with Gasteiger partial charge in [0, 0.05) is 37.8 Å². The zero-order valence-electron chi connectivity index (χ0n) is 11.4. The molecule has 0 aliphatic carbocycles. The lowest BCUT2D eigenvalue weighted by atomic mass is 10.1. The number of fused-ring (bicyclic) bond motifs is 1. The van der Waals surface area contributed by atoms with Gasteiger partial charge in [-0.1, -0.05) is 6.07 Å². The van der Waals surface area contributed by atoms with Gasteiger partial charge >= 0.3 is 0 Å². The number of aromatic amines is 1. The second-order valence-corrected chi connectivity index (χ2v) is 5.09. The molecule has 0 saturated carbocycles. The summed E-state index contributed by atoms with van der Waals surface area (Å²) in [6.07, 6.45) is 2.47. The van der Waals surface area contributed by atoms with Crippen molar-refractivity contribution >= 4 is 5.82 Å². The maximum absolute atomic E-state index is 12.0. The summed E-state index contributed by atoms with van der Waals surface area (Å²) in [4.78, 5) is 25.5. The largest absolute Gasteiger partial charge is 0.383 e. The molecular weight excluding hydrogens is 254 g/mol. The molecule has 0 radical (unpaired) electrons. The Morgan fingerprint density at radius 3 is 3.15 bits per heavy atom. The summed E-state index contributed by atoms with van der Waals surface area (Å²) in [5, 5.41) is 0. The molecule has 0 unspecified atom stereocenters. The van der Waals surface area contributed by atoms with Crippen LogP contribution in [0.2, 0.25) is 0 Å². The van der Waals surface area contributed by atoms with Gasteiger partial charge in [0.25, 0.3) is 5.56 Å². The van der Waals surface area contributed by atoms with Gasteiger partial charge in [-0.15, -0.1) is 0 Å². The monoisotopic (exact) mass is 271 g/mol. The highest BCUT2D eigenvalue weighted by Crippen LogP contribution is 2.18. The van der Waals surface area contributed by atoms with E-state index in [4.69, 9.17) is 5.73 Å². The smallest absolute Gasteiger partial charge is 0.255 e. The molecular formula is C14H17N5O. The first-order chi connectivity index (χ1) is 9.63. The first kappa shape index (κ1) is 12.8. The highest BCUT2D eigenvalue weighted by atomic mass is 16.1. The standard InChI is InChI=1S/C14H17N5O/c1-9-17-12-4-6-19(8-11(12)14(20)18-9)7-10-3-2-5-16-13(10)15/h2-3,5H,4,6-8H2,1H3,(H2,15,16)(H,17,18,20). The van der Waals surface area contributed by atoms with Gasteiger partial charge in [0.1, 0.15) is 11.6 Å². The second kappa shape index (κ2) is 5.05. The van der Waals surface area contributed by atoms with Crippen molar-refractivity contribution in [1.29, 1.82) is 0 Å². The lowest BCUT2D eigenvalue weighted by Gasteiger charge is -2.27. The average Bonchev–Trinajstić information content (AvgIpc) is 2.42. The van der Waals surface area contributed by atoms with E-state index in [1.54, 1.807) is 6.20 Å². The van der Waals surface area contributed by atoms with Gasteiger partial charge in [0.15, 0.2) is 0 Å². The third-order valence-corrected chi connectivity index (χ3v) is 3.59. The van der Waals surface area contributed by atoms with Crippen molar-refractivity contribution in [1.82, 2.24) is 19.9 Å². The lowest BCUT2D eigenvalue weighted by Crippen LogP contribution is -2.35. The van der Waals surface area contributed by atoms with E-state index in [0.717, 1.165) is 29.8 Å². The van der Waals surface area contributed by atoms with Crippen LogP contribution in [0.1, 0.15) is 22.6 Å². The molecule has 0 bridgehead atoms. The molecule has 6 heteroatoms. The van der Waals surface area contributed by atoms with Crippen LogP contribution in [0.3, 0.4) is 0 Å². The van der Waals surface area contributed by atoms with E-state index in [9.17, 15) is 4.79 Å². The molecule has 3 rings (SSSR count). The van der Waals surface area contributed by atoms with Gasteiger partial charge in [0.2, 0.25) is 0 Å². The number of aromatic nitrogens is 3. The minimum absolute atomic E-state index is 0.0311. The fourth-order valence-corrected chi connectivity index (χ4v) is 2.57. The first-order valence-corrected chi connectivity index (χ1v) is 6.64. The summed E-state index contributed by atoms with van der Waals surface area (Å²) in [6, 6.07) is 3.84. The SMILES string of the molecule is Cc1nc2c(c(=O)[nH]1)CN(Cc1cccnc1N)CC2. The molecule has 1 aliphatic heterocycles. The van der Waals surface area contributed by atoms with Crippen LogP contribution in [-0.4, -0.2) is 26.4 Å². The Balaban J connectivity index is 1.83. The van der Waals surface area contributed by atoms with Crippen molar-refractivity contribution < 1.29 is 0 Å². The van der Waals surface area contributed by atoms with Crippen LogP contribution < -0.4 is 11.3 Å². The summed E-state index contributed by atoms with van der Waals surface area (Å²) in [5.41, 5.74) is 8.51. The van der Waals surface area contributed by atoms with Gasteiger partial charge in [-0.05, 0) is 13.0 Å². The zero-order valence-corrected chi connectivity index (χ0v) is 11.4. The van der Waals surface area contributed by atoms with Gasteiger partial charge in [-0.3, -0.25) is 9.69 Å². The van der Waals surface area contributed by atoms with Gasteiger partial charge in [0.05, 0.1) is 11.3 Å². The van der Waals surface area contributed by atoms with Crippen molar-refractivity contribution in [2.45, 2.75) is 26.4 Å². The quantitative estimate of drug-likeness (QED) is 0.835. The predicted molar refractivity (Wildman–Crippen MR) is 76.1 cm³/mol. The van der Waals surface area contributed by atoms with E-state index in [2.05, 4.69) is 19.9 Å². The van der Waals surface area contributed by atoms with Crippen molar-refractivity contribution in [3.05, 3.63) is 51.3 Å². The number of hydrogen-bond donors (Lipinski definition) is 2. The number of nitrogens with zero attached hydrogens (tertiary/aromatic N) is 3. The van der Waals surface area contributed by atoms with Crippen LogP contribution in [-0.2, 0) is 19.5 Å². The van der Waals surface area contributed by atoms with Crippen LogP contribution >= 0.6 is 0 Å². The maximum Gasteiger partial charge on any atom is 0.255 e. The Kier molecular flexibility index (Phi) is 3.23. The third-order valence-electron chi connectivity index (χ3n) is 3.59. The van der Waals surface area contributed by atoms with E-state index in [1.165, 1.54) is 0 Å². The number of rotatable bonds is 2. The van der Waals surface area contributed by atoms with Gasteiger partial charge in [-0.2, -0.15) is 0 Å². The van der Waals surface area contributed by atoms with E-state index in [1.807, 2.05) is 19.1 Å². The number of nitrogen functional groups attached to an aromatic ring is 1. The van der Waals surface area contributed by atoms with Crippen LogP contribution in [0, 0.1) is 6.92 Å². The Hall–Kier alpha value is -2.21.